The van der Waals surface area contributed by atoms with Crippen LogP contribution in [0.15, 0.2) is 22.8 Å². The lowest BCUT2D eigenvalue weighted by Crippen LogP contribution is -2.12. The molecule has 1 aromatic heterocycles. The molecule has 2 rings (SSSR count). The summed E-state index contributed by atoms with van der Waals surface area (Å²) in [5.41, 5.74) is 11.6. The number of nitrogens with two attached hydrogens (primary N) is 1. The van der Waals surface area contributed by atoms with Gasteiger partial charge in [0.05, 0.1) is 0 Å². The molecule has 2 N–H and O–H groups in total. The SMILES string of the molecule is Cc1cc(C(C)(C)C)cc(C)c1-c1coc(N)c1C#N. The molecule has 0 radical (unpaired) electrons. The van der Waals surface area contributed by atoms with E-state index in [2.05, 4.69) is 52.8 Å². The predicted octanol–water partition coefficient (Wildman–Crippen LogP) is 4.31. The van der Waals surface area contributed by atoms with Crippen molar-refractivity contribution in [3.05, 3.63) is 40.6 Å². The summed E-state index contributed by atoms with van der Waals surface area (Å²) < 4.78 is 5.20. The molecule has 0 spiro atoms. The Bertz CT molecular complexity index is 674. The van der Waals surface area contributed by atoms with Crippen LogP contribution >= 0.6 is 0 Å². The number of anilines is 1. The number of furan rings is 1. The van der Waals surface area contributed by atoms with Gasteiger partial charge in [-0.1, -0.05) is 32.9 Å². The zero-order valence-electron chi connectivity index (χ0n) is 12.7. The lowest BCUT2D eigenvalue weighted by molar-refractivity contribution is 0.587. The van der Waals surface area contributed by atoms with Crippen LogP contribution in [0.5, 0.6) is 0 Å². The topological polar surface area (TPSA) is 62.9 Å². The molecule has 0 saturated carbocycles. The summed E-state index contributed by atoms with van der Waals surface area (Å²) in [6.07, 6.45) is 1.57. The van der Waals surface area contributed by atoms with Crippen LogP contribution in [0.1, 0.15) is 43.0 Å². The van der Waals surface area contributed by atoms with Crippen LogP contribution in [0, 0.1) is 25.2 Å². The number of benzene rings is 1. The summed E-state index contributed by atoms with van der Waals surface area (Å²) >= 11 is 0. The molecule has 0 amide bonds. The van der Waals surface area contributed by atoms with Crippen molar-refractivity contribution in [2.24, 2.45) is 0 Å². The fourth-order valence-electron chi connectivity index (χ4n) is 2.49. The van der Waals surface area contributed by atoms with Crippen molar-refractivity contribution in [1.29, 1.82) is 5.26 Å². The summed E-state index contributed by atoms with van der Waals surface area (Å²) in [6.45, 7) is 10.7. The Balaban J connectivity index is 2.68. The molecule has 0 saturated heterocycles. The summed E-state index contributed by atoms with van der Waals surface area (Å²) in [5, 5.41) is 9.23. The van der Waals surface area contributed by atoms with Crippen molar-refractivity contribution < 1.29 is 4.42 Å². The van der Waals surface area contributed by atoms with E-state index in [0.29, 0.717) is 5.56 Å². The largest absolute Gasteiger partial charge is 0.447 e. The van der Waals surface area contributed by atoms with Gasteiger partial charge in [0.2, 0.25) is 5.88 Å². The number of nitrogens with zero attached hydrogens (tertiary/aromatic N) is 1. The third kappa shape index (κ3) is 2.30. The monoisotopic (exact) mass is 268 g/mol. The maximum atomic E-state index is 9.23. The van der Waals surface area contributed by atoms with Gasteiger partial charge in [0, 0.05) is 5.56 Å². The van der Waals surface area contributed by atoms with Crippen molar-refractivity contribution in [2.75, 3.05) is 5.73 Å². The number of aryl methyl sites for hydroxylation is 2. The van der Waals surface area contributed by atoms with Gasteiger partial charge in [0.15, 0.2) is 0 Å². The van der Waals surface area contributed by atoms with E-state index in [0.717, 1.165) is 22.3 Å². The number of hydrogen-bond acceptors (Lipinski definition) is 3. The first kappa shape index (κ1) is 14.2. The number of nitrogen functional groups attached to an aromatic ring is 1. The molecule has 1 aromatic carbocycles. The van der Waals surface area contributed by atoms with Gasteiger partial charge < -0.3 is 10.2 Å². The van der Waals surface area contributed by atoms with Crippen LogP contribution in [0.2, 0.25) is 0 Å². The van der Waals surface area contributed by atoms with Gasteiger partial charge in [-0.2, -0.15) is 5.26 Å². The molecule has 0 bridgehead atoms. The second-order valence-electron chi connectivity index (χ2n) is 6.24. The van der Waals surface area contributed by atoms with Crippen molar-refractivity contribution in [3.8, 4) is 17.2 Å². The Hall–Kier alpha value is -2.21. The fourth-order valence-corrected chi connectivity index (χ4v) is 2.49. The standard InChI is InChI=1S/C17H20N2O/c1-10-6-12(17(3,4)5)7-11(2)15(10)14-9-20-16(19)13(14)8-18/h6-7,9H,19H2,1-5H3. The molecular weight excluding hydrogens is 248 g/mol. The summed E-state index contributed by atoms with van der Waals surface area (Å²) in [5.74, 6) is 0.182. The van der Waals surface area contributed by atoms with Gasteiger partial charge in [0.1, 0.15) is 17.9 Å². The van der Waals surface area contributed by atoms with E-state index < -0.39 is 0 Å². The van der Waals surface area contributed by atoms with Crippen LogP contribution in [-0.2, 0) is 5.41 Å². The molecule has 0 aliphatic rings. The highest BCUT2D eigenvalue weighted by atomic mass is 16.3. The van der Waals surface area contributed by atoms with Crippen molar-refractivity contribution in [3.63, 3.8) is 0 Å². The predicted molar refractivity (Wildman–Crippen MR) is 81.4 cm³/mol. The van der Waals surface area contributed by atoms with E-state index in [-0.39, 0.29) is 11.3 Å². The highest BCUT2D eigenvalue weighted by molar-refractivity contribution is 5.79. The maximum Gasteiger partial charge on any atom is 0.208 e. The summed E-state index contributed by atoms with van der Waals surface area (Å²) in [4.78, 5) is 0. The van der Waals surface area contributed by atoms with Crippen LogP contribution in [0.3, 0.4) is 0 Å². The quantitative estimate of drug-likeness (QED) is 0.838. The molecular formula is C17H20N2O. The molecule has 1 heterocycles. The Morgan fingerprint density at radius 2 is 1.70 bits per heavy atom. The molecule has 0 aliphatic heterocycles. The number of rotatable bonds is 1. The van der Waals surface area contributed by atoms with Gasteiger partial charge in [0.25, 0.3) is 0 Å². The van der Waals surface area contributed by atoms with Crippen LogP contribution in [0.4, 0.5) is 5.88 Å². The summed E-state index contributed by atoms with van der Waals surface area (Å²) in [7, 11) is 0. The molecule has 0 aliphatic carbocycles. The molecule has 0 fully saturated rings. The molecule has 0 atom stereocenters. The van der Waals surface area contributed by atoms with E-state index in [1.807, 2.05) is 0 Å². The Kier molecular flexibility index (Phi) is 3.35. The van der Waals surface area contributed by atoms with Gasteiger partial charge in [-0.05, 0) is 41.5 Å². The maximum absolute atomic E-state index is 9.23. The second kappa shape index (κ2) is 4.72. The molecule has 2 aromatic rings. The minimum absolute atomic E-state index is 0.0987. The van der Waals surface area contributed by atoms with Crippen LogP contribution < -0.4 is 5.73 Å². The number of hydrogen-bond donors (Lipinski definition) is 1. The highest BCUT2D eigenvalue weighted by Gasteiger charge is 2.20. The van der Waals surface area contributed by atoms with Crippen LogP contribution in [0.25, 0.3) is 11.1 Å². The fraction of sp³-hybridized carbons (Fsp3) is 0.353. The molecule has 3 heteroatoms. The minimum Gasteiger partial charge on any atom is -0.447 e. The number of nitriles is 1. The average molecular weight is 268 g/mol. The van der Waals surface area contributed by atoms with Crippen molar-refractivity contribution >= 4 is 5.88 Å². The average Bonchev–Trinajstić information content (AvgIpc) is 2.68. The third-order valence-corrected chi connectivity index (χ3v) is 3.60. The smallest absolute Gasteiger partial charge is 0.208 e. The Morgan fingerprint density at radius 1 is 1.15 bits per heavy atom. The van der Waals surface area contributed by atoms with Crippen molar-refractivity contribution in [2.45, 2.75) is 40.0 Å². The van der Waals surface area contributed by atoms with Gasteiger partial charge in [-0.25, -0.2) is 0 Å². The van der Waals surface area contributed by atoms with Gasteiger partial charge in [-0.15, -0.1) is 0 Å². The molecule has 0 unspecified atom stereocenters. The first-order chi connectivity index (χ1) is 9.25. The lowest BCUT2D eigenvalue weighted by atomic mass is 9.82. The zero-order chi connectivity index (χ0) is 15.1. The van der Waals surface area contributed by atoms with E-state index >= 15 is 0 Å². The molecule has 3 nitrogen and oxygen atoms in total. The second-order valence-corrected chi connectivity index (χ2v) is 6.24. The van der Waals surface area contributed by atoms with Gasteiger partial charge in [-0.3, -0.25) is 0 Å². The molecule has 20 heavy (non-hydrogen) atoms. The van der Waals surface area contributed by atoms with E-state index in [4.69, 9.17) is 10.2 Å². The van der Waals surface area contributed by atoms with Crippen molar-refractivity contribution in [1.82, 2.24) is 0 Å². The Labute approximate surface area is 120 Å². The zero-order valence-corrected chi connectivity index (χ0v) is 12.7. The van der Waals surface area contributed by atoms with E-state index in [9.17, 15) is 5.26 Å². The van der Waals surface area contributed by atoms with E-state index in [1.165, 1.54) is 5.56 Å². The first-order valence-electron chi connectivity index (χ1n) is 6.65. The lowest BCUT2D eigenvalue weighted by Gasteiger charge is -2.22. The Morgan fingerprint density at radius 3 is 2.15 bits per heavy atom. The normalized spacial score (nSPS) is 11.4. The first-order valence-corrected chi connectivity index (χ1v) is 6.65. The van der Waals surface area contributed by atoms with E-state index in [1.54, 1.807) is 6.26 Å². The minimum atomic E-state index is 0.0987. The highest BCUT2D eigenvalue weighted by Crippen LogP contribution is 2.36. The van der Waals surface area contributed by atoms with Crippen LogP contribution in [-0.4, -0.2) is 0 Å². The summed E-state index contributed by atoms with van der Waals surface area (Å²) in [6, 6.07) is 6.47. The molecule has 104 valence electrons. The third-order valence-electron chi connectivity index (χ3n) is 3.60. The van der Waals surface area contributed by atoms with Gasteiger partial charge >= 0.3 is 0 Å².